The maximum absolute atomic E-state index is 12.8. The Hall–Kier alpha value is -1.33. The van der Waals surface area contributed by atoms with E-state index in [1.165, 1.54) is 12.8 Å². The smallest absolute Gasteiger partial charge is 0.270 e. The number of methoxy groups -OCH3 is 1. The minimum absolute atomic E-state index is 0.127. The fourth-order valence-corrected chi connectivity index (χ4v) is 3.68. The van der Waals surface area contributed by atoms with Crippen LogP contribution in [0.25, 0.3) is 0 Å². The molecule has 0 radical (unpaired) electrons. The molecule has 0 aromatic carbocycles. The summed E-state index contributed by atoms with van der Waals surface area (Å²) in [6, 6.07) is 5.41. The Kier molecular flexibility index (Phi) is 4.31. The molecule has 21 heavy (non-hydrogen) atoms. The summed E-state index contributed by atoms with van der Waals surface area (Å²) in [4.78, 5) is 14.7. The highest BCUT2D eigenvalue weighted by molar-refractivity contribution is 5.92. The van der Waals surface area contributed by atoms with Crippen LogP contribution in [-0.2, 0) is 11.3 Å². The minimum Gasteiger partial charge on any atom is -0.383 e. The predicted molar refractivity (Wildman–Crippen MR) is 81.4 cm³/mol. The predicted octanol–water partition coefficient (Wildman–Crippen LogP) is 1.49. The molecule has 0 aliphatic carbocycles. The third-order valence-electron chi connectivity index (χ3n) is 4.90. The van der Waals surface area contributed by atoms with Crippen molar-refractivity contribution in [3.63, 3.8) is 0 Å². The molecule has 5 heteroatoms. The van der Waals surface area contributed by atoms with Crippen LogP contribution in [0.4, 0.5) is 0 Å². The van der Waals surface area contributed by atoms with Crippen LogP contribution >= 0.6 is 0 Å². The van der Waals surface area contributed by atoms with Crippen molar-refractivity contribution in [1.29, 1.82) is 0 Å². The fraction of sp³-hybridized carbons (Fsp3) is 0.688. The van der Waals surface area contributed by atoms with Gasteiger partial charge >= 0.3 is 0 Å². The van der Waals surface area contributed by atoms with E-state index < -0.39 is 0 Å². The quantitative estimate of drug-likeness (QED) is 0.894. The molecule has 116 valence electrons. The summed E-state index contributed by atoms with van der Waals surface area (Å²) in [5.41, 5.74) is 0.764. The third kappa shape index (κ3) is 2.99. The second kappa shape index (κ2) is 6.20. The van der Waals surface area contributed by atoms with Gasteiger partial charge in [-0.1, -0.05) is 0 Å². The summed E-state index contributed by atoms with van der Waals surface area (Å²) in [5, 5.41) is 3.63. The van der Waals surface area contributed by atoms with Crippen molar-refractivity contribution in [3.05, 3.63) is 24.0 Å². The van der Waals surface area contributed by atoms with Crippen LogP contribution < -0.4 is 5.32 Å². The van der Waals surface area contributed by atoms with Crippen LogP contribution in [0, 0.1) is 0 Å². The summed E-state index contributed by atoms with van der Waals surface area (Å²) in [6.07, 6.45) is 6.63. The van der Waals surface area contributed by atoms with Crippen molar-refractivity contribution in [2.45, 2.75) is 50.4 Å². The SMILES string of the molecule is COCCn1cccc1C(=O)N(C)C1CC2CCC(C1)N2. The maximum atomic E-state index is 12.8. The fourth-order valence-electron chi connectivity index (χ4n) is 3.68. The monoisotopic (exact) mass is 291 g/mol. The largest absolute Gasteiger partial charge is 0.383 e. The number of ether oxygens (including phenoxy) is 1. The Balaban J connectivity index is 1.68. The van der Waals surface area contributed by atoms with Crippen molar-refractivity contribution in [3.8, 4) is 0 Å². The van der Waals surface area contributed by atoms with E-state index in [1.807, 2.05) is 34.8 Å². The van der Waals surface area contributed by atoms with Gasteiger partial charge in [-0.2, -0.15) is 0 Å². The molecule has 1 N–H and O–H groups in total. The van der Waals surface area contributed by atoms with Crippen LogP contribution in [-0.4, -0.2) is 54.3 Å². The Morgan fingerprint density at radius 3 is 2.81 bits per heavy atom. The lowest BCUT2D eigenvalue weighted by molar-refractivity contribution is 0.0668. The zero-order valence-electron chi connectivity index (χ0n) is 12.9. The molecular formula is C16H25N3O2. The molecule has 0 saturated carbocycles. The summed E-state index contributed by atoms with van der Waals surface area (Å²) in [7, 11) is 3.63. The molecule has 3 rings (SSSR count). The number of carbonyl (C=O) groups excluding carboxylic acids is 1. The molecule has 2 atom stereocenters. The number of fused-ring (bicyclic) bond motifs is 2. The Labute approximate surface area is 126 Å². The number of hydrogen-bond acceptors (Lipinski definition) is 3. The molecule has 2 bridgehead atoms. The van der Waals surface area contributed by atoms with Crippen LogP contribution in [0.5, 0.6) is 0 Å². The van der Waals surface area contributed by atoms with E-state index in [4.69, 9.17) is 4.74 Å². The van der Waals surface area contributed by atoms with Gasteiger partial charge in [-0.05, 0) is 37.8 Å². The van der Waals surface area contributed by atoms with Gasteiger partial charge in [-0.25, -0.2) is 0 Å². The zero-order valence-corrected chi connectivity index (χ0v) is 12.9. The molecule has 2 aliphatic rings. The summed E-state index contributed by atoms with van der Waals surface area (Å²) >= 11 is 0. The molecule has 2 saturated heterocycles. The average molecular weight is 291 g/mol. The number of nitrogens with one attached hydrogen (secondary N) is 1. The summed E-state index contributed by atoms with van der Waals surface area (Å²) in [6.45, 7) is 1.34. The topological polar surface area (TPSA) is 46.5 Å². The lowest BCUT2D eigenvalue weighted by atomic mass is 9.98. The number of hydrogen-bond donors (Lipinski definition) is 1. The van der Waals surface area contributed by atoms with E-state index >= 15 is 0 Å². The van der Waals surface area contributed by atoms with Crippen molar-refractivity contribution >= 4 is 5.91 Å². The maximum Gasteiger partial charge on any atom is 0.270 e. The normalized spacial score (nSPS) is 27.8. The highest BCUT2D eigenvalue weighted by Crippen LogP contribution is 2.29. The van der Waals surface area contributed by atoms with Gasteiger partial charge in [0.1, 0.15) is 5.69 Å². The third-order valence-corrected chi connectivity index (χ3v) is 4.90. The van der Waals surface area contributed by atoms with E-state index in [0.717, 1.165) is 25.1 Å². The first-order valence-electron chi connectivity index (χ1n) is 7.86. The molecule has 1 amide bonds. The molecule has 1 aromatic rings. The number of carbonyl (C=O) groups is 1. The number of piperidine rings is 1. The number of amides is 1. The molecular weight excluding hydrogens is 266 g/mol. The van der Waals surface area contributed by atoms with Crippen molar-refractivity contribution in [2.24, 2.45) is 0 Å². The van der Waals surface area contributed by atoms with Gasteiger partial charge in [-0.3, -0.25) is 4.79 Å². The molecule has 2 aliphatic heterocycles. The number of aromatic nitrogens is 1. The molecule has 2 fully saturated rings. The van der Waals surface area contributed by atoms with Crippen LogP contribution in [0.1, 0.15) is 36.2 Å². The minimum atomic E-state index is 0.127. The first-order chi connectivity index (χ1) is 10.2. The first kappa shape index (κ1) is 14.6. The Morgan fingerprint density at radius 1 is 1.43 bits per heavy atom. The number of nitrogens with zero attached hydrogens (tertiary/aromatic N) is 2. The lowest BCUT2D eigenvalue weighted by Crippen LogP contribution is -2.49. The lowest BCUT2D eigenvalue weighted by Gasteiger charge is -2.35. The highest BCUT2D eigenvalue weighted by Gasteiger charge is 2.36. The van der Waals surface area contributed by atoms with Gasteiger partial charge in [-0.15, -0.1) is 0 Å². The first-order valence-corrected chi connectivity index (χ1v) is 7.86. The van der Waals surface area contributed by atoms with E-state index in [2.05, 4.69) is 5.32 Å². The zero-order chi connectivity index (χ0) is 14.8. The van der Waals surface area contributed by atoms with Crippen LogP contribution in [0.15, 0.2) is 18.3 Å². The molecule has 5 nitrogen and oxygen atoms in total. The summed E-state index contributed by atoms with van der Waals surface area (Å²) in [5.74, 6) is 0.127. The van der Waals surface area contributed by atoms with Gasteiger partial charge in [0.15, 0.2) is 0 Å². The van der Waals surface area contributed by atoms with Crippen molar-refractivity contribution in [2.75, 3.05) is 20.8 Å². The molecule has 2 unspecified atom stereocenters. The molecule has 1 aromatic heterocycles. The standard InChI is InChI=1S/C16H25N3O2/c1-18(14-10-12-5-6-13(11-14)17-12)16(20)15-4-3-7-19(15)8-9-21-2/h3-4,7,12-14,17H,5-6,8-11H2,1-2H3. The number of rotatable bonds is 5. The van der Waals surface area contributed by atoms with Gasteiger partial charge in [0.25, 0.3) is 5.91 Å². The van der Waals surface area contributed by atoms with E-state index in [9.17, 15) is 4.79 Å². The molecule has 0 spiro atoms. The highest BCUT2D eigenvalue weighted by atomic mass is 16.5. The van der Waals surface area contributed by atoms with Crippen LogP contribution in [0.2, 0.25) is 0 Å². The van der Waals surface area contributed by atoms with Gasteiger partial charge in [0, 0.05) is 45.0 Å². The second-order valence-corrected chi connectivity index (χ2v) is 6.26. The van der Waals surface area contributed by atoms with Crippen molar-refractivity contribution < 1.29 is 9.53 Å². The Bertz CT molecular complexity index is 487. The second-order valence-electron chi connectivity index (χ2n) is 6.26. The van der Waals surface area contributed by atoms with Gasteiger partial charge in [0.05, 0.1) is 6.61 Å². The van der Waals surface area contributed by atoms with E-state index in [0.29, 0.717) is 24.7 Å². The van der Waals surface area contributed by atoms with E-state index in [-0.39, 0.29) is 5.91 Å². The van der Waals surface area contributed by atoms with Gasteiger partial charge in [0.2, 0.25) is 0 Å². The average Bonchev–Trinajstić information content (AvgIpc) is 3.09. The Morgan fingerprint density at radius 2 is 2.14 bits per heavy atom. The van der Waals surface area contributed by atoms with E-state index in [1.54, 1.807) is 7.11 Å². The molecule has 3 heterocycles. The van der Waals surface area contributed by atoms with Crippen LogP contribution in [0.3, 0.4) is 0 Å². The summed E-state index contributed by atoms with van der Waals surface area (Å²) < 4.78 is 7.09. The van der Waals surface area contributed by atoms with Crippen molar-refractivity contribution in [1.82, 2.24) is 14.8 Å². The van der Waals surface area contributed by atoms with Gasteiger partial charge < -0.3 is 19.5 Å².